The van der Waals surface area contributed by atoms with Gasteiger partial charge in [-0.05, 0) is 19.4 Å². The van der Waals surface area contributed by atoms with Gasteiger partial charge in [-0.3, -0.25) is 9.59 Å². The number of ether oxygens (including phenoxy) is 1. The van der Waals surface area contributed by atoms with Gasteiger partial charge in [0.1, 0.15) is 6.10 Å². The van der Waals surface area contributed by atoms with Crippen molar-refractivity contribution in [3.05, 3.63) is 12.2 Å². The molecule has 0 unspecified atom stereocenters. The van der Waals surface area contributed by atoms with Crippen LogP contribution in [0.2, 0.25) is 0 Å². The van der Waals surface area contributed by atoms with Gasteiger partial charge in [0.2, 0.25) is 5.91 Å². The van der Waals surface area contributed by atoms with Crippen molar-refractivity contribution in [1.82, 2.24) is 5.32 Å². The number of carbonyl (C=O) groups is 2. The third-order valence-corrected chi connectivity index (χ3v) is 2.40. The van der Waals surface area contributed by atoms with Gasteiger partial charge in [-0.25, -0.2) is 0 Å². The highest BCUT2D eigenvalue weighted by Crippen LogP contribution is 2.13. The first-order valence-corrected chi connectivity index (χ1v) is 5.65. The summed E-state index contributed by atoms with van der Waals surface area (Å²) in [5.41, 5.74) is 0. The van der Waals surface area contributed by atoms with Gasteiger partial charge in [0.15, 0.2) is 5.78 Å². The second kappa shape index (κ2) is 6.87. The van der Waals surface area contributed by atoms with E-state index in [0.29, 0.717) is 0 Å². The van der Waals surface area contributed by atoms with Crippen LogP contribution >= 0.6 is 0 Å². The summed E-state index contributed by atoms with van der Waals surface area (Å²) >= 11 is 0. The topological polar surface area (TPSA) is 55.4 Å². The molecule has 1 N–H and O–H groups in total. The van der Waals surface area contributed by atoms with Crippen molar-refractivity contribution in [2.45, 2.75) is 38.9 Å². The van der Waals surface area contributed by atoms with E-state index >= 15 is 0 Å². The molecule has 0 spiro atoms. The van der Waals surface area contributed by atoms with Crippen molar-refractivity contribution in [3.63, 3.8) is 0 Å². The Bertz CT molecular complexity index is 376. The van der Waals surface area contributed by atoms with E-state index in [0.717, 1.165) is 12.8 Å². The van der Waals surface area contributed by atoms with E-state index in [9.17, 15) is 9.59 Å². The molecule has 4 heteroatoms. The van der Waals surface area contributed by atoms with Gasteiger partial charge < -0.3 is 10.1 Å². The zero-order valence-corrected chi connectivity index (χ0v) is 10.2. The molecule has 0 aromatic heterocycles. The smallest absolute Gasteiger partial charge is 0.216 e. The fourth-order valence-electron chi connectivity index (χ4n) is 1.52. The minimum absolute atomic E-state index is 0.0905. The first kappa shape index (κ1) is 13.5. The molecule has 17 heavy (non-hydrogen) atoms. The number of nitrogens with one attached hydrogen (secondary N) is 1. The molecule has 0 saturated carbocycles. The third-order valence-electron chi connectivity index (χ3n) is 2.40. The molecule has 2 atom stereocenters. The van der Waals surface area contributed by atoms with E-state index in [1.807, 2.05) is 0 Å². The van der Waals surface area contributed by atoms with Crippen molar-refractivity contribution < 1.29 is 14.3 Å². The minimum atomic E-state index is -0.566. The number of rotatable bonds is 4. The van der Waals surface area contributed by atoms with Crippen LogP contribution in [0.1, 0.15) is 26.7 Å². The lowest BCUT2D eigenvalue weighted by Crippen LogP contribution is -2.41. The molecule has 0 fully saturated rings. The highest BCUT2D eigenvalue weighted by atomic mass is 16.5. The Kier molecular flexibility index (Phi) is 5.44. The maximum absolute atomic E-state index is 11.5. The largest absolute Gasteiger partial charge is 0.361 e. The van der Waals surface area contributed by atoms with Crippen LogP contribution in [0.25, 0.3) is 0 Å². The standard InChI is InChI=1S/C13H17NO3/c1-3-4-5-6-11-7-8-12(16)13(17-11)9-14-10(2)15/h7-8,11,13H,5-6,9H2,1-2H3,(H,14,15)/t11-,13+/m1/s1. The van der Waals surface area contributed by atoms with Crippen molar-refractivity contribution in [1.29, 1.82) is 0 Å². The molecular formula is C13H17NO3. The maximum Gasteiger partial charge on any atom is 0.216 e. The molecule has 1 heterocycles. The molecule has 0 aromatic rings. The molecular weight excluding hydrogens is 218 g/mol. The summed E-state index contributed by atoms with van der Waals surface area (Å²) in [5.74, 6) is 5.50. The maximum atomic E-state index is 11.5. The van der Waals surface area contributed by atoms with Crippen molar-refractivity contribution in [2.24, 2.45) is 0 Å². The lowest BCUT2D eigenvalue weighted by atomic mass is 10.1. The van der Waals surface area contributed by atoms with Crippen molar-refractivity contribution in [3.8, 4) is 11.8 Å². The quantitative estimate of drug-likeness (QED) is 0.734. The van der Waals surface area contributed by atoms with E-state index in [1.165, 1.54) is 13.0 Å². The Morgan fingerprint density at radius 3 is 3.00 bits per heavy atom. The molecule has 0 bridgehead atoms. The van der Waals surface area contributed by atoms with Gasteiger partial charge in [0.25, 0.3) is 0 Å². The summed E-state index contributed by atoms with van der Waals surface area (Å²) in [6, 6.07) is 0. The zero-order valence-electron chi connectivity index (χ0n) is 10.2. The summed E-state index contributed by atoms with van der Waals surface area (Å²) in [5, 5.41) is 2.59. The molecule has 4 nitrogen and oxygen atoms in total. The second-order valence-electron chi connectivity index (χ2n) is 3.83. The Hall–Kier alpha value is -1.60. The van der Waals surface area contributed by atoms with Crippen molar-refractivity contribution in [2.75, 3.05) is 6.54 Å². The molecule has 1 aliphatic rings. The van der Waals surface area contributed by atoms with E-state index < -0.39 is 6.10 Å². The Morgan fingerprint density at radius 1 is 1.59 bits per heavy atom. The predicted octanol–water partition coefficient (Wildman–Crippen LogP) is 0.819. The van der Waals surface area contributed by atoms with Crippen LogP contribution < -0.4 is 5.32 Å². The third kappa shape index (κ3) is 4.83. The average Bonchev–Trinajstić information content (AvgIpc) is 2.29. The van der Waals surface area contributed by atoms with Crippen LogP contribution in [0, 0.1) is 11.8 Å². The summed E-state index contributed by atoms with van der Waals surface area (Å²) < 4.78 is 5.58. The number of carbonyl (C=O) groups excluding carboxylic acids is 2. The molecule has 0 radical (unpaired) electrons. The Labute approximate surface area is 101 Å². The van der Waals surface area contributed by atoms with Crippen LogP contribution in [-0.4, -0.2) is 30.4 Å². The normalized spacial score (nSPS) is 22.8. The van der Waals surface area contributed by atoms with Gasteiger partial charge >= 0.3 is 0 Å². The van der Waals surface area contributed by atoms with Gasteiger partial charge in [-0.2, -0.15) is 0 Å². The summed E-state index contributed by atoms with van der Waals surface area (Å²) in [4.78, 5) is 22.3. The zero-order chi connectivity index (χ0) is 12.7. The number of hydrogen-bond donors (Lipinski definition) is 1. The van der Waals surface area contributed by atoms with E-state index in [1.54, 1.807) is 13.0 Å². The Balaban J connectivity index is 2.45. The molecule has 0 saturated heterocycles. The molecule has 1 aliphatic heterocycles. The van der Waals surface area contributed by atoms with Crippen LogP contribution in [0.5, 0.6) is 0 Å². The summed E-state index contributed by atoms with van der Waals surface area (Å²) in [6.45, 7) is 3.44. The van der Waals surface area contributed by atoms with Gasteiger partial charge in [0, 0.05) is 13.3 Å². The number of ketones is 1. The molecule has 0 aromatic carbocycles. The average molecular weight is 235 g/mol. The lowest BCUT2D eigenvalue weighted by molar-refractivity contribution is -0.130. The van der Waals surface area contributed by atoms with Crippen LogP contribution in [0.4, 0.5) is 0 Å². The van der Waals surface area contributed by atoms with Gasteiger partial charge in [-0.15, -0.1) is 11.8 Å². The van der Waals surface area contributed by atoms with Crippen LogP contribution in [0.3, 0.4) is 0 Å². The SMILES string of the molecule is CC#CCC[C@@H]1C=CC(=O)[C@H](CNC(C)=O)O1. The first-order valence-electron chi connectivity index (χ1n) is 5.65. The molecule has 0 aliphatic carbocycles. The minimum Gasteiger partial charge on any atom is -0.361 e. The highest BCUT2D eigenvalue weighted by Gasteiger charge is 2.24. The Morgan fingerprint density at radius 2 is 2.35 bits per heavy atom. The predicted molar refractivity (Wildman–Crippen MR) is 64.2 cm³/mol. The molecule has 1 rings (SSSR count). The fourth-order valence-corrected chi connectivity index (χ4v) is 1.52. The van der Waals surface area contributed by atoms with E-state index in [4.69, 9.17) is 4.74 Å². The first-order chi connectivity index (χ1) is 8.13. The number of amides is 1. The van der Waals surface area contributed by atoms with Crippen LogP contribution in [-0.2, 0) is 14.3 Å². The van der Waals surface area contributed by atoms with Crippen LogP contribution in [0.15, 0.2) is 12.2 Å². The summed E-state index contributed by atoms with van der Waals surface area (Å²) in [7, 11) is 0. The monoisotopic (exact) mass is 235 g/mol. The molecule has 1 amide bonds. The van der Waals surface area contributed by atoms with Gasteiger partial charge in [0.05, 0.1) is 12.6 Å². The molecule has 92 valence electrons. The van der Waals surface area contributed by atoms with Crippen molar-refractivity contribution >= 4 is 11.7 Å². The van der Waals surface area contributed by atoms with Gasteiger partial charge in [-0.1, -0.05) is 6.08 Å². The van der Waals surface area contributed by atoms with E-state index in [2.05, 4.69) is 17.2 Å². The van der Waals surface area contributed by atoms with E-state index in [-0.39, 0.29) is 24.3 Å². The number of hydrogen-bond acceptors (Lipinski definition) is 3. The summed E-state index contributed by atoms with van der Waals surface area (Å²) in [6.07, 6.45) is 4.13. The lowest BCUT2D eigenvalue weighted by Gasteiger charge is -2.24. The fraction of sp³-hybridized carbons (Fsp3) is 0.538. The second-order valence-corrected chi connectivity index (χ2v) is 3.83. The highest BCUT2D eigenvalue weighted by molar-refractivity contribution is 5.94.